The third-order valence-electron chi connectivity index (χ3n) is 2.99. The van der Waals surface area contributed by atoms with Crippen LogP contribution in [0.4, 0.5) is 11.4 Å². The maximum Gasteiger partial charge on any atom is 0.262 e. The van der Waals surface area contributed by atoms with Gasteiger partial charge >= 0.3 is 0 Å². The summed E-state index contributed by atoms with van der Waals surface area (Å²) in [5, 5.41) is 6.52. The smallest absolute Gasteiger partial charge is 0.262 e. The van der Waals surface area contributed by atoms with Gasteiger partial charge in [-0.2, -0.15) is 0 Å². The van der Waals surface area contributed by atoms with Crippen LogP contribution in [0.3, 0.4) is 0 Å². The van der Waals surface area contributed by atoms with Gasteiger partial charge in [-0.05, 0) is 13.0 Å². The average Bonchev–Trinajstić information content (AvgIpc) is 2.82. The zero-order valence-corrected chi connectivity index (χ0v) is 12.3. The van der Waals surface area contributed by atoms with Gasteiger partial charge in [-0.1, -0.05) is 11.6 Å². The summed E-state index contributed by atoms with van der Waals surface area (Å²) in [5.74, 6) is 0.451. The molecule has 2 aromatic rings. The van der Waals surface area contributed by atoms with Crippen molar-refractivity contribution in [1.82, 2.24) is 4.98 Å². The van der Waals surface area contributed by atoms with E-state index in [1.54, 1.807) is 23.5 Å². The number of amides is 1. The van der Waals surface area contributed by atoms with Crippen molar-refractivity contribution in [2.24, 2.45) is 0 Å². The first-order chi connectivity index (χ1) is 9.63. The minimum atomic E-state index is -0.172. The monoisotopic (exact) mass is 309 g/mol. The summed E-state index contributed by atoms with van der Waals surface area (Å²) < 4.78 is 5.37. The summed E-state index contributed by atoms with van der Waals surface area (Å²) in [4.78, 5) is 16.6. The molecule has 0 aliphatic carbocycles. The molecule has 1 aliphatic heterocycles. The van der Waals surface area contributed by atoms with Crippen LogP contribution in [0.1, 0.15) is 10.6 Å². The van der Waals surface area contributed by atoms with E-state index >= 15 is 0 Å². The van der Waals surface area contributed by atoms with Crippen molar-refractivity contribution in [2.45, 2.75) is 13.5 Å². The molecule has 0 saturated heterocycles. The molecule has 1 aromatic heterocycles. The van der Waals surface area contributed by atoms with Crippen molar-refractivity contribution in [3.05, 3.63) is 33.2 Å². The van der Waals surface area contributed by atoms with Gasteiger partial charge in [0, 0.05) is 10.9 Å². The number of hydrogen-bond donors (Lipinski definition) is 2. The number of nitrogens with zero attached hydrogens (tertiary/aromatic N) is 1. The van der Waals surface area contributed by atoms with Gasteiger partial charge in [0.15, 0.2) is 6.61 Å². The molecule has 7 heteroatoms. The van der Waals surface area contributed by atoms with E-state index in [-0.39, 0.29) is 12.5 Å². The molecule has 0 unspecified atom stereocenters. The first kappa shape index (κ1) is 13.2. The number of fused-ring (bicyclic) bond motifs is 1. The second-order valence-electron chi connectivity index (χ2n) is 4.38. The number of carbonyl (C=O) groups excluding carboxylic acids is 1. The number of carbonyl (C=O) groups is 1. The van der Waals surface area contributed by atoms with Crippen molar-refractivity contribution in [2.75, 3.05) is 17.2 Å². The van der Waals surface area contributed by atoms with E-state index in [9.17, 15) is 4.79 Å². The van der Waals surface area contributed by atoms with Gasteiger partial charge < -0.3 is 15.4 Å². The molecule has 2 N–H and O–H groups in total. The number of rotatable bonds is 3. The van der Waals surface area contributed by atoms with E-state index in [0.717, 1.165) is 16.3 Å². The Morgan fingerprint density at radius 1 is 1.55 bits per heavy atom. The molecule has 0 atom stereocenters. The Hall–Kier alpha value is -1.79. The Morgan fingerprint density at radius 2 is 2.40 bits per heavy atom. The molecule has 5 nitrogen and oxygen atoms in total. The lowest BCUT2D eigenvalue weighted by atomic mass is 10.2. The maximum absolute atomic E-state index is 11.2. The van der Waals surface area contributed by atoms with Crippen molar-refractivity contribution in [3.8, 4) is 5.75 Å². The van der Waals surface area contributed by atoms with E-state index in [1.807, 2.05) is 12.4 Å². The van der Waals surface area contributed by atoms with Crippen molar-refractivity contribution in [3.63, 3.8) is 0 Å². The SMILES string of the molecule is Cc1ncsc1CNc1cc2c(cc1Cl)NC(=O)CO2. The zero-order valence-electron chi connectivity index (χ0n) is 10.7. The van der Waals surface area contributed by atoms with E-state index < -0.39 is 0 Å². The van der Waals surface area contributed by atoms with Gasteiger partial charge in [-0.25, -0.2) is 4.98 Å². The van der Waals surface area contributed by atoms with Crippen LogP contribution in [0.15, 0.2) is 17.6 Å². The number of thiazole rings is 1. The molecular formula is C13H12ClN3O2S. The molecule has 0 fully saturated rings. The van der Waals surface area contributed by atoms with Gasteiger partial charge in [-0.3, -0.25) is 4.79 Å². The number of benzene rings is 1. The van der Waals surface area contributed by atoms with Crippen LogP contribution in [0.25, 0.3) is 0 Å². The number of anilines is 2. The Kier molecular flexibility index (Phi) is 3.50. The summed E-state index contributed by atoms with van der Waals surface area (Å²) in [6, 6.07) is 3.49. The average molecular weight is 310 g/mol. The Morgan fingerprint density at radius 3 is 3.15 bits per heavy atom. The number of nitrogens with one attached hydrogen (secondary N) is 2. The highest BCUT2D eigenvalue weighted by Gasteiger charge is 2.18. The Bertz CT molecular complexity index is 672. The fraction of sp³-hybridized carbons (Fsp3) is 0.231. The van der Waals surface area contributed by atoms with Gasteiger partial charge in [0.1, 0.15) is 5.75 Å². The molecule has 1 aliphatic rings. The first-order valence-corrected chi connectivity index (χ1v) is 7.28. The quantitative estimate of drug-likeness (QED) is 0.914. The maximum atomic E-state index is 11.2. The predicted octanol–water partition coefficient (Wildman–Crippen LogP) is 3.05. The molecule has 20 heavy (non-hydrogen) atoms. The number of aromatic nitrogens is 1. The zero-order chi connectivity index (χ0) is 14.1. The lowest BCUT2D eigenvalue weighted by Crippen LogP contribution is -2.25. The van der Waals surface area contributed by atoms with Crippen molar-refractivity contribution in [1.29, 1.82) is 0 Å². The third-order valence-corrected chi connectivity index (χ3v) is 4.23. The van der Waals surface area contributed by atoms with Gasteiger partial charge in [-0.15, -0.1) is 11.3 Å². The third kappa shape index (κ3) is 2.57. The van der Waals surface area contributed by atoms with Gasteiger partial charge in [0.2, 0.25) is 0 Å². The standard InChI is InChI=1S/C13H12ClN3O2S/c1-7-12(20-6-16-7)4-15-9-3-11-10(2-8(9)14)17-13(18)5-19-11/h2-3,6,15H,4-5H2,1H3,(H,17,18). The fourth-order valence-electron chi connectivity index (χ4n) is 1.91. The number of aryl methyl sites for hydroxylation is 1. The minimum absolute atomic E-state index is 0.0298. The largest absolute Gasteiger partial charge is 0.482 e. The molecule has 104 valence electrons. The predicted molar refractivity (Wildman–Crippen MR) is 79.8 cm³/mol. The lowest BCUT2D eigenvalue weighted by Gasteiger charge is -2.19. The minimum Gasteiger partial charge on any atom is -0.482 e. The molecule has 3 rings (SSSR count). The van der Waals surface area contributed by atoms with Gasteiger partial charge in [0.25, 0.3) is 5.91 Å². The lowest BCUT2D eigenvalue weighted by molar-refractivity contribution is -0.118. The normalized spacial score (nSPS) is 13.4. The molecule has 0 spiro atoms. The Balaban J connectivity index is 1.80. The van der Waals surface area contributed by atoms with E-state index in [2.05, 4.69) is 15.6 Å². The van der Waals surface area contributed by atoms with E-state index in [0.29, 0.717) is 23.0 Å². The van der Waals surface area contributed by atoms with Gasteiger partial charge in [0.05, 0.1) is 34.1 Å². The number of halogens is 1. The molecule has 0 bridgehead atoms. The second kappa shape index (κ2) is 5.30. The Labute approximate surface area is 124 Å². The van der Waals surface area contributed by atoms with Crippen LogP contribution in [0.5, 0.6) is 5.75 Å². The summed E-state index contributed by atoms with van der Waals surface area (Å²) in [6.07, 6.45) is 0. The first-order valence-electron chi connectivity index (χ1n) is 6.02. The highest BCUT2D eigenvalue weighted by Crippen LogP contribution is 2.36. The number of hydrogen-bond acceptors (Lipinski definition) is 5. The van der Waals surface area contributed by atoms with Crippen LogP contribution >= 0.6 is 22.9 Å². The molecule has 2 heterocycles. The summed E-state index contributed by atoms with van der Waals surface area (Å²) in [5.41, 5.74) is 4.21. The van der Waals surface area contributed by atoms with Crippen molar-refractivity contribution >= 4 is 40.2 Å². The number of ether oxygens (including phenoxy) is 1. The van der Waals surface area contributed by atoms with Crippen LogP contribution in [-0.2, 0) is 11.3 Å². The summed E-state index contributed by atoms with van der Waals surface area (Å²) in [6.45, 7) is 2.66. The van der Waals surface area contributed by atoms with Crippen LogP contribution < -0.4 is 15.4 Å². The summed E-state index contributed by atoms with van der Waals surface area (Å²) in [7, 11) is 0. The van der Waals surface area contributed by atoms with E-state index in [4.69, 9.17) is 16.3 Å². The topological polar surface area (TPSA) is 63.2 Å². The fourth-order valence-corrected chi connectivity index (χ4v) is 2.85. The molecule has 1 amide bonds. The molecule has 1 aromatic carbocycles. The highest BCUT2D eigenvalue weighted by molar-refractivity contribution is 7.09. The van der Waals surface area contributed by atoms with Crippen LogP contribution in [-0.4, -0.2) is 17.5 Å². The molecular weight excluding hydrogens is 298 g/mol. The molecule has 0 saturated carbocycles. The van der Waals surface area contributed by atoms with Crippen molar-refractivity contribution < 1.29 is 9.53 Å². The second-order valence-corrected chi connectivity index (χ2v) is 5.73. The van der Waals surface area contributed by atoms with Crippen LogP contribution in [0, 0.1) is 6.92 Å². The van der Waals surface area contributed by atoms with E-state index in [1.165, 1.54) is 0 Å². The highest BCUT2D eigenvalue weighted by atomic mass is 35.5. The van der Waals surface area contributed by atoms with Crippen LogP contribution in [0.2, 0.25) is 5.02 Å². The summed E-state index contributed by atoms with van der Waals surface area (Å²) >= 11 is 7.81. The molecule has 0 radical (unpaired) electrons.